The average Bonchev–Trinajstić information content (AvgIpc) is 2.60. The van der Waals surface area contributed by atoms with Gasteiger partial charge in [-0.1, -0.05) is 0 Å². The molecule has 15 heavy (non-hydrogen) atoms. The summed E-state index contributed by atoms with van der Waals surface area (Å²) in [6.07, 6.45) is -2.85. The Morgan fingerprint density at radius 1 is 1.33 bits per heavy atom. The summed E-state index contributed by atoms with van der Waals surface area (Å²) in [6, 6.07) is 0. The molecule has 86 valence electrons. The molecule has 0 radical (unpaired) electrons. The molecule has 0 atom stereocenters. The quantitative estimate of drug-likeness (QED) is 0.653. The van der Waals surface area contributed by atoms with Crippen LogP contribution in [0.5, 0.6) is 0 Å². The first kappa shape index (κ1) is 12.5. The summed E-state index contributed by atoms with van der Waals surface area (Å²) in [6.45, 7) is 0.555. The van der Waals surface area contributed by atoms with E-state index in [9.17, 15) is 13.2 Å². The Kier molecular flexibility index (Phi) is 4.59. The Bertz CT molecular complexity index is 302. The summed E-state index contributed by atoms with van der Waals surface area (Å²) < 4.78 is 39.4. The highest BCUT2D eigenvalue weighted by atomic mass is 35.5. The molecule has 1 N–H and O–H groups in total. The van der Waals surface area contributed by atoms with Crippen LogP contribution in [0.1, 0.15) is 18.7 Å². The van der Waals surface area contributed by atoms with Crippen LogP contribution < -0.4 is 5.32 Å². The lowest BCUT2D eigenvalue weighted by atomic mass is 10.3. The molecule has 8 heteroatoms. The van der Waals surface area contributed by atoms with Gasteiger partial charge in [0.1, 0.15) is 0 Å². The van der Waals surface area contributed by atoms with Crippen molar-refractivity contribution in [2.24, 2.45) is 0 Å². The van der Waals surface area contributed by atoms with Crippen molar-refractivity contribution in [2.75, 3.05) is 17.7 Å². The number of hydrogen-bond donors (Lipinski definition) is 1. The minimum Gasteiger partial charge on any atom is -0.360 e. The molecule has 0 saturated carbocycles. The summed E-state index contributed by atoms with van der Waals surface area (Å²) in [5, 5.41) is 2.95. The Morgan fingerprint density at radius 3 is 2.60 bits per heavy atom. The number of unbranched alkanes of at least 4 members (excludes halogenated alkanes) is 1. The molecular formula is C7H9ClF3N3S. The molecule has 0 spiro atoms. The molecule has 1 heterocycles. The van der Waals surface area contributed by atoms with Crippen LogP contribution in [0.25, 0.3) is 0 Å². The van der Waals surface area contributed by atoms with E-state index in [4.69, 9.17) is 11.6 Å². The number of nitrogens with one attached hydrogen (secondary N) is 1. The van der Waals surface area contributed by atoms with Crippen LogP contribution in [0, 0.1) is 0 Å². The summed E-state index contributed by atoms with van der Waals surface area (Å²) in [7, 11) is 0. The van der Waals surface area contributed by atoms with Gasteiger partial charge in [0.2, 0.25) is 11.0 Å². The first-order chi connectivity index (χ1) is 7.04. The smallest absolute Gasteiger partial charge is 0.360 e. The molecule has 0 aromatic carbocycles. The number of hydrogen-bond acceptors (Lipinski definition) is 4. The van der Waals surface area contributed by atoms with E-state index in [1.165, 1.54) is 0 Å². The molecule has 1 rings (SSSR count). The molecule has 0 aliphatic rings. The minimum absolute atomic E-state index is 0.192. The molecule has 0 amide bonds. The van der Waals surface area contributed by atoms with Gasteiger partial charge < -0.3 is 5.32 Å². The maximum atomic E-state index is 12.1. The van der Waals surface area contributed by atoms with Gasteiger partial charge >= 0.3 is 6.18 Å². The van der Waals surface area contributed by atoms with E-state index in [-0.39, 0.29) is 5.13 Å². The highest BCUT2D eigenvalue weighted by Gasteiger charge is 2.35. The Hall–Kier alpha value is -0.560. The fourth-order valence-corrected chi connectivity index (χ4v) is 1.63. The fraction of sp³-hybridized carbons (Fsp3) is 0.714. The van der Waals surface area contributed by atoms with Crippen molar-refractivity contribution in [1.82, 2.24) is 9.36 Å². The van der Waals surface area contributed by atoms with Crippen molar-refractivity contribution in [3.63, 3.8) is 0 Å². The number of aromatic nitrogens is 2. The van der Waals surface area contributed by atoms with E-state index in [0.717, 1.165) is 12.8 Å². The van der Waals surface area contributed by atoms with Crippen molar-refractivity contribution in [3.8, 4) is 0 Å². The van der Waals surface area contributed by atoms with E-state index in [1.54, 1.807) is 0 Å². The topological polar surface area (TPSA) is 37.8 Å². The Balaban J connectivity index is 2.40. The van der Waals surface area contributed by atoms with Crippen molar-refractivity contribution in [2.45, 2.75) is 19.0 Å². The molecule has 0 aliphatic carbocycles. The number of nitrogens with zero attached hydrogens (tertiary/aromatic N) is 2. The van der Waals surface area contributed by atoms with Crippen molar-refractivity contribution in [3.05, 3.63) is 5.82 Å². The van der Waals surface area contributed by atoms with Crippen LogP contribution in [0.3, 0.4) is 0 Å². The van der Waals surface area contributed by atoms with Gasteiger partial charge in [0.25, 0.3) is 0 Å². The summed E-state index contributed by atoms with van der Waals surface area (Å²) in [5.74, 6) is -0.543. The van der Waals surface area contributed by atoms with Crippen LogP contribution in [-0.4, -0.2) is 21.8 Å². The molecule has 0 saturated heterocycles. The van der Waals surface area contributed by atoms with Gasteiger partial charge in [-0.2, -0.15) is 22.5 Å². The molecule has 1 aromatic heterocycles. The molecule has 0 aliphatic heterocycles. The molecular weight excluding hydrogens is 251 g/mol. The standard InChI is InChI=1S/C7H9ClF3N3S/c8-3-1-2-4-12-6-13-5(14-15-6)7(9,10)11/h1-4H2,(H,12,13,14). The largest absolute Gasteiger partial charge is 0.452 e. The molecule has 0 bridgehead atoms. The predicted octanol–water partition coefficient (Wildman–Crippen LogP) is 2.99. The minimum atomic E-state index is -4.47. The van der Waals surface area contributed by atoms with E-state index in [0.29, 0.717) is 24.0 Å². The van der Waals surface area contributed by atoms with E-state index in [2.05, 4.69) is 14.7 Å². The Morgan fingerprint density at radius 2 is 2.07 bits per heavy atom. The third kappa shape index (κ3) is 4.21. The first-order valence-corrected chi connectivity index (χ1v) is 5.55. The van der Waals surface area contributed by atoms with Gasteiger partial charge in [-0.05, 0) is 12.8 Å². The van der Waals surface area contributed by atoms with Crippen LogP contribution in [0.2, 0.25) is 0 Å². The van der Waals surface area contributed by atoms with E-state index in [1.807, 2.05) is 0 Å². The second-order valence-electron chi connectivity index (χ2n) is 2.74. The third-order valence-corrected chi connectivity index (χ3v) is 2.46. The van der Waals surface area contributed by atoms with Gasteiger partial charge in [-0.15, -0.1) is 11.6 Å². The molecule has 0 fully saturated rings. The lowest BCUT2D eigenvalue weighted by Crippen LogP contribution is -2.08. The second-order valence-corrected chi connectivity index (χ2v) is 3.87. The van der Waals surface area contributed by atoms with Crippen LogP contribution in [0.15, 0.2) is 0 Å². The maximum absolute atomic E-state index is 12.1. The Labute approximate surface area is 93.8 Å². The number of rotatable bonds is 5. The van der Waals surface area contributed by atoms with Crippen molar-refractivity contribution >= 4 is 28.3 Å². The van der Waals surface area contributed by atoms with Crippen LogP contribution in [0.4, 0.5) is 18.3 Å². The van der Waals surface area contributed by atoms with Crippen molar-refractivity contribution in [1.29, 1.82) is 0 Å². The highest BCUT2D eigenvalue weighted by molar-refractivity contribution is 7.09. The van der Waals surface area contributed by atoms with Crippen LogP contribution in [-0.2, 0) is 6.18 Å². The zero-order chi connectivity index (χ0) is 11.3. The molecule has 1 aromatic rings. The third-order valence-electron chi connectivity index (χ3n) is 1.52. The van der Waals surface area contributed by atoms with Gasteiger partial charge in [0, 0.05) is 24.0 Å². The van der Waals surface area contributed by atoms with Gasteiger partial charge in [-0.3, -0.25) is 0 Å². The van der Waals surface area contributed by atoms with Crippen LogP contribution >= 0.6 is 23.1 Å². The summed E-state index contributed by atoms with van der Waals surface area (Å²) in [4.78, 5) is 3.32. The highest BCUT2D eigenvalue weighted by Crippen LogP contribution is 2.28. The van der Waals surface area contributed by atoms with E-state index >= 15 is 0 Å². The first-order valence-electron chi connectivity index (χ1n) is 4.25. The lowest BCUT2D eigenvalue weighted by molar-refractivity contribution is -0.144. The normalized spacial score (nSPS) is 11.7. The zero-order valence-electron chi connectivity index (χ0n) is 7.64. The fourth-order valence-electron chi connectivity index (χ4n) is 0.825. The summed E-state index contributed by atoms with van der Waals surface area (Å²) >= 11 is 6.15. The predicted molar refractivity (Wildman–Crippen MR) is 53.4 cm³/mol. The summed E-state index contributed by atoms with van der Waals surface area (Å²) in [5.41, 5.74) is 0. The second kappa shape index (κ2) is 5.50. The number of halogens is 4. The maximum Gasteiger partial charge on any atom is 0.452 e. The average molecular weight is 260 g/mol. The number of anilines is 1. The lowest BCUT2D eigenvalue weighted by Gasteiger charge is -2.00. The van der Waals surface area contributed by atoms with Gasteiger partial charge in [0.15, 0.2) is 0 Å². The monoisotopic (exact) mass is 259 g/mol. The number of alkyl halides is 4. The molecule has 0 unspecified atom stereocenters. The van der Waals surface area contributed by atoms with E-state index < -0.39 is 12.0 Å². The van der Waals surface area contributed by atoms with Crippen molar-refractivity contribution < 1.29 is 13.2 Å². The van der Waals surface area contributed by atoms with Gasteiger partial charge in [-0.25, -0.2) is 0 Å². The SMILES string of the molecule is FC(F)(F)c1nsc(NCCCCCl)n1. The zero-order valence-corrected chi connectivity index (χ0v) is 9.22. The molecule has 3 nitrogen and oxygen atoms in total. The van der Waals surface area contributed by atoms with Gasteiger partial charge in [0.05, 0.1) is 0 Å².